The van der Waals surface area contributed by atoms with Crippen molar-refractivity contribution in [3.63, 3.8) is 0 Å². The van der Waals surface area contributed by atoms with Crippen molar-refractivity contribution in [2.75, 3.05) is 33.7 Å². The summed E-state index contributed by atoms with van der Waals surface area (Å²) in [6.07, 6.45) is 4.90. The Hall–Kier alpha value is -0.910. The number of hydrogen-bond donors (Lipinski definition) is 1. The van der Waals surface area contributed by atoms with Crippen LogP contribution in [-0.2, 0) is 13.1 Å². The minimum absolute atomic E-state index is 0.487. The average Bonchev–Trinajstić information content (AvgIpc) is 2.67. The largest absolute Gasteiger partial charge is 0.385 e. The van der Waals surface area contributed by atoms with Gasteiger partial charge in [-0.2, -0.15) is 5.10 Å². The normalized spacial score (nSPS) is 21.9. The lowest BCUT2D eigenvalue weighted by Crippen LogP contribution is -2.32. The summed E-state index contributed by atoms with van der Waals surface area (Å²) in [4.78, 5) is 4.57. The fourth-order valence-corrected chi connectivity index (χ4v) is 3.35. The molecule has 0 unspecified atom stereocenters. The van der Waals surface area contributed by atoms with Gasteiger partial charge in [-0.25, -0.2) is 0 Å². The van der Waals surface area contributed by atoms with Crippen molar-refractivity contribution in [3.05, 3.63) is 17.5 Å². The van der Waals surface area contributed by atoms with Crippen LogP contribution in [0.1, 0.15) is 43.2 Å². The quantitative estimate of drug-likeness (QED) is 0.893. The smallest absolute Gasteiger partial charge is 0.110 e. The molecule has 5 heteroatoms. The van der Waals surface area contributed by atoms with E-state index in [4.69, 9.17) is 0 Å². The standard InChI is InChI=1S/C16H28N4O/c1-18(2)12-16(21)15-9-14-11-19(10-13-5-3-6-13)7-4-8-20(14)17-15/h9,13,16,21H,3-8,10-12H2,1-2H3/t16-/m0/s1. The van der Waals surface area contributed by atoms with Crippen molar-refractivity contribution in [2.45, 2.75) is 44.9 Å². The number of aliphatic hydroxyl groups is 1. The summed E-state index contributed by atoms with van der Waals surface area (Å²) in [5.41, 5.74) is 2.09. The zero-order chi connectivity index (χ0) is 14.8. The zero-order valence-corrected chi connectivity index (χ0v) is 13.3. The van der Waals surface area contributed by atoms with Crippen molar-refractivity contribution in [3.8, 4) is 0 Å². The van der Waals surface area contributed by atoms with Crippen LogP contribution in [0, 0.1) is 5.92 Å². The molecule has 2 heterocycles. The molecule has 118 valence electrons. The summed E-state index contributed by atoms with van der Waals surface area (Å²) >= 11 is 0. The summed E-state index contributed by atoms with van der Waals surface area (Å²) < 4.78 is 2.11. The first-order chi connectivity index (χ1) is 10.1. The molecule has 1 atom stereocenters. The van der Waals surface area contributed by atoms with E-state index in [0.717, 1.165) is 31.1 Å². The Balaban J connectivity index is 1.66. The molecule has 0 aromatic carbocycles. The van der Waals surface area contributed by atoms with Gasteiger partial charge in [0, 0.05) is 32.7 Å². The van der Waals surface area contributed by atoms with Crippen LogP contribution < -0.4 is 0 Å². The van der Waals surface area contributed by atoms with E-state index in [1.54, 1.807) is 0 Å². The highest BCUT2D eigenvalue weighted by Gasteiger charge is 2.24. The second-order valence-corrected chi connectivity index (χ2v) is 6.95. The number of aryl methyl sites for hydroxylation is 1. The molecule has 1 aromatic rings. The molecule has 1 aromatic heterocycles. The van der Waals surface area contributed by atoms with Gasteiger partial charge in [-0.05, 0) is 45.3 Å². The number of aromatic nitrogens is 2. The van der Waals surface area contributed by atoms with E-state index in [2.05, 4.69) is 20.7 Å². The maximum absolute atomic E-state index is 10.2. The van der Waals surface area contributed by atoms with E-state index in [-0.39, 0.29) is 0 Å². The highest BCUT2D eigenvalue weighted by Crippen LogP contribution is 2.28. The van der Waals surface area contributed by atoms with Gasteiger partial charge >= 0.3 is 0 Å². The van der Waals surface area contributed by atoms with Crippen LogP contribution in [-0.4, -0.2) is 58.4 Å². The van der Waals surface area contributed by atoms with Crippen LogP contribution >= 0.6 is 0 Å². The number of hydrogen-bond acceptors (Lipinski definition) is 4. The monoisotopic (exact) mass is 292 g/mol. The van der Waals surface area contributed by atoms with E-state index in [1.165, 1.54) is 38.0 Å². The Morgan fingerprint density at radius 3 is 2.81 bits per heavy atom. The number of aliphatic hydroxyl groups excluding tert-OH is 1. The van der Waals surface area contributed by atoms with Crippen molar-refractivity contribution in [2.24, 2.45) is 5.92 Å². The zero-order valence-electron chi connectivity index (χ0n) is 13.3. The topological polar surface area (TPSA) is 44.5 Å². The maximum atomic E-state index is 10.2. The third kappa shape index (κ3) is 3.65. The Morgan fingerprint density at radius 1 is 1.33 bits per heavy atom. The molecule has 3 rings (SSSR count). The minimum Gasteiger partial charge on any atom is -0.385 e. The fraction of sp³-hybridized carbons (Fsp3) is 0.812. The molecule has 1 fully saturated rings. The second-order valence-electron chi connectivity index (χ2n) is 6.95. The summed E-state index contributed by atoms with van der Waals surface area (Å²) in [5.74, 6) is 0.915. The number of likely N-dealkylation sites (N-methyl/N-ethyl adjacent to an activating group) is 1. The highest BCUT2D eigenvalue weighted by molar-refractivity contribution is 5.14. The maximum Gasteiger partial charge on any atom is 0.110 e. The van der Waals surface area contributed by atoms with E-state index in [0.29, 0.717) is 6.54 Å². The first kappa shape index (κ1) is 15.0. The van der Waals surface area contributed by atoms with Gasteiger partial charge in [0.25, 0.3) is 0 Å². The van der Waals surface area contributed by atoms with Crippen LogP contribution in [0.15, 0.2) is 6.07 Å². The second kappa shape index (κ2) is 6.46. The molecule has 21 heavy (non-hydrogen) atoms. The lowest BCUT2D eigenvalue weighted by atomic mass is 9.85. The van der Waals surface area contributed by atoms with Gasteiger partial charge < -0.3 is 10.0 Å². The van der Waals surface area contributed by atoms with Crippen LogP contribution in [0.5, 0.6) is 0 Å². The molecule has 5 nitrogen and oxygen atoms in total. The molecular weight excluding hydrogens is 264 g/mol. The number of rotatable bonds is 5. The van der Waals surface area contributed by atoms with Gasteiger partial charge in [0.15, 0.2) is 0 Å². The molecule has 0 spiro atoms. The van der Waals surface area contributed by atoms with E-state index in [9.17, 15) is 5.11 Å². The Bertz CT molecular complexity index is 467. The molecular formula is C16H28N4O. The lowest BCUT2D eigenvalue weighted by Gasteiger charge is -2.31. The van der Waals surface area contributed by atoms with Gasteiger partial charge in [0.1, 0.15) is 6.10 Å². The van der Waals surface area contributed by atoms with Gasteiger partial charge in [-0.1, -0.05) is 6.42 Å². The van der Waals surface area contributed by atoms with Crippen molar-refractivity contribution < 1.29 is 5.11 Å². The highest BCUT2D eigenvalue weighted by atomic mass is 16.3. The van der Waals surface area contributed by atoms with Crippen molar-refractivity contribution in [1.29, 1.82) is 0 Å². The van der Waals surface area contributed by atoms with E-state index in [1.807, 2.05) is 19.0 Å². The molecule has 1 aliphatic carbocycles. The molecule has 2 aliphatic rings. The SMILES string of the molecule is CN(C)C[C@H](O)c1cc2n(n1)CCCN(CC1CCC1)C2. The summed E-state index contributed by atoms with van der Waals surface area (Å²) in [6.45, 7) is 5.00. The van der Waals surface area contributed by atoms with Crippen LogP contribution in [0.4, 0.5) is 0 Å². The van der Waals surface area contributed by atoms with Crippen LogP contribution in [0.3, 0.4) is 0 Å². The number of fused-ring (bicyclic) bond motifs is 1. The summed E-state index contributed by atoms with van der Waals surface area (Å²) in [7, 11) is 3.95. The van der Waals surface area contributed by atoms with Crippen molar-refractivity contribution >= 4 is 0 Å². The van der Waals surface area contributed by atoms with Gasteiger partial charge in [-0.15, -0.1) is 0 Å². The van der Waals surface area contributed by atoms with E-state index < -0.39 is 6.10 Å². The molecule has 1 aliphatic heterocycles. The third-order valence-corrected chi connectivity index (χ3v) is 4.73. The molecule has 0 bridgehead atoms. The predicted octanol–water partition coefficient (Wildman–Crippen LogP) is 1.48. The Kier molecular flexibility index (Phi) is 4.62. The van der Waals surface area contributed by atoms with Crippen molar-refractivity contribution in [1.82, 2.24) is 19.6 Å². The lowest BCUT2D eigenvalue weighted by molar-refractivity contribution is 0.133. The van der Waals surface area contributed by atoms with Crippen LogP contribution in [0.25, 0.3) is 0 Å². The minimum atomic E-state index is -0.487. The predicted molar refractivity (Wildman–Crippen MR) is 83.0 cm³/mol. The fourth-order valence-electron chi connectivity index (χ4n) is 3.35. The van der Waals surface area contributed by atoms with Gasteiger partial charge in [-0.3, -0.25) is 9.58 Å². The van der Waals surface area contributed by atoms with Crippen LogP contribution in [0.2, 0.25) is 0 Å². The van der Waals surface area contributed by atoms with Gasteiger partial charge in [0.05, 0.1) is 11.4 Å². The molecule has 0 saturated heterocycles. The number of nitrogens with zero attached hydrogens (tertiary/aromatic N) is 4. The first-order valence-corrected chi connectivity index (χ1v) is 8.23. The average molecular weight is 292 g/mol. The molecule has 0 radical (unpaired) electrons. The Morgan fingerprint density at radius 2 is 2.14 bits per heavy atom. The molecule has 1 N–H and O–H groups in total. The van der Waals surface area contributed by atoms with Gasteiger partial charge in [0.2, 0.25) is 0 Å². The molecule has 0 amide bonds. The first-order valence-electron chi connectivity index (χ1n) is 8.23. The third-order valence-electron chi connectivity index (χ3n) is 4.73. The molecule has 1 saturated carbocycles. The summed E-state index contributed by atoms with van der Waals surface area (Å²) in [5, 5.41) is 14.9. The van der Waals surface area contributed by atoms with E-state index >= 15 is 0 Å². The Labute approximate surface area is 127 Å². The summed E-state index contributed by atoms with van der Waals surface area (Å²) in [6, 6.07) is 2.10.